The van der Waals surface area contributed by atoms with Crippen molar-refractivity contribution in [2.45, 2.75) is 13.5 Å². The fourth-order valence-corrected chi connectivity index (χ4v) is 3.48. The van der Waals surface area contributed by atoms with E-state index in [-0.39, 0.29) is 5.91 Å². The van der Waals surface area contributed by atoms with E-state index < -0.39 is 0 Å². The van der Waals surface area contributed by atoms with Crippen LogP contribution < -0.4 is 5.32 Å². The number of rotatable bonds is 5. The Morgan fingerprint density at radius 1 is 1.23 bits per heavy atom. The molecule has 0 atom stereocenters. The van der Waals surface area contributed by atoms with E-state index in [9.17, 15) is 4.79 Å². The molecule has 0 aliphatic carbocycles. The minimum absolute atomic E-state index is 0.131. The van der Waals surface area contributed by atoms with E-state index in [4.69, 9.17) is 4.42 Å². The van der Waals surface area contributed by atoms with E-state index >= 15 is 0 Å². The first-order valence-corrected chi connectivity index (χ1v) is 8.90. The van der Waals surface area contributed by atoms with Crippen molar-refractivity contribution in [2.75, 3.05) is 0 Å². The van der Waals surface area contributed by atoms with E-state index in [1.54, 1.807) is 12.5 Å². The van der Waals surface area contributed by atoms with Crippen molar-refractivity contribution in [3.8, 4) is 16.6 Å². The highest BCUT2D eigenvalue weighted by molar-refractivity contribution is 7.16. The van der Waals surface area contributed by atoms with Gasteiger partial charge < -0.3 is 14.3 Å². The van der Waals surface area contributed by atoms with E-state index in [1.807, 2.05) is 60.3 Å². The smallest absolute Gasteiger partial charge is 0.263 e. The summed E-state index contributed by atoms with van der Waals surface area (Å²) in [6.45, 7) is 2.25. The van der Waals surface area contributed by atoms with Crippen molar-refractivity contribution >= 4 is 17.2 Å². The molecule has 0 saturated heterocycles. The molecule has 1 N–H and O–H groups in total. The van der Waals surface area contributed by atoms with E-state index in [0.717, 1.165) is 27.8 Å². The van der Waals surface area contributed by atoms with Crippen LogP contribution in [-0.4, -0.2) is 20.4 Å². The highest BCUT2D eigenvalue weighted by atomic mass is 32.1. The molecule has 4 aromatic rings. The standard InChI is InChI=1S/C19H16N4O2S/c1-13-17(26-19(22-13)23-8-2-3-9-23)18(24)21-12-14-6-7-15(20-11-14)16-5-4-10-25-16/h2-11H,12H2,1H3,(H,21,24). The molecule has 4 heterocycles. The highest BCUT2D eigenvalue weighted by Crippen LogP contribution is 2.22. The number of carbonyl (C=O) groups excluding carboxylic acids is 1. The number of amides is 1. The topological polar surface area (TPSA) is 73.0 Å². The predicted molar refractivity (Wildman–Crippen MR) is 99.3 cm³/mol. The summed E-state index contributed by atoms with van der Waals surface area (Å²) in [5.41, 5.74) is 2.41. The summed E-state index contributed by atoms with van der Waals surface area (Å²) in [6, 6.07) is 11.3. The van der Waals surface area contributed by atoms with Crippen LogP contribution in [0, 0.1) is 6.92 Å². The summed E-state index contributed by atoms with van der Waals surface area (Å²) in [5, 5.41) is 3.71. The molecule has 6 nitrogen and oxygen atoms in total. The lowest BCUT2D eigenvalue weighted by molar-refractivity contribution is 0.0954. The van der Waals surface area contributed by atoms with Crippen molar-refractivity contribution in [2.24, 2.45) is 0 Å². The fraction of sp³-hybridized carbons (Fsp3) is 0.105. The second-order valence-electron chi connectivity index (χ2n) is 5.71. The lowest BCUT2D eigenvalue weighted by atomic mass is 10.2. The van der Waals surface area contributed by atoms with Crippen LogP contribution in [0.15, 0.2) is 65.7 Å². The van der Waals surface area contributed by atoms with Crippen LogP contribution in [0.4, 0.5) is 0 Å². The summed E-state index contributed by atoms with van der Waals surface area (Å²) in [6.07, 6.45) is 7.17. The molecule has 0 spiro atoms. The number of nitrogens with zero attached hydrogens (tertiary/aromatic N) is 3. The van der Waals surface area contributed by atoms with Gasteiger partial charge in [0.25, 0.3) is 5.91 Å². The van der Waals surface area contributed by atoms with Crippen LogP contribution in [0.3, 0.4) is 0 Å². The van der Waals surface area contributed by atoms with Crippen LogP contribution in [0.2, 0.25) is 0 Å². The fourth-order valence-electron chi connectivity index (χ4n) is 2.53. The normalized spacial score (nSPS) is 10.8. The third-order valence-electron chi connectivity index (χ3n) is 3.87. The van der Waals surface area contributed by atoms with Gasteiger partial charge in [-0.05, 0) is 42.8 Å². The van der Waals surface area contributed by atoms with Gasteiger partial charge in [-0.25, -0.2) is 4.98 Å². The number of aryl methyl sites for hydroxylation is 1. The molecule has 1 amide bonds. The summed E-state index contributed by atoms with van der Waals surface area (Å²) >= 11 is 1.37. The van der Waals surface area contributed by atoms with Crippen molar-refractivity contribution < 1.29 is 9.21 Å². The van der Waals surface area contributed by atoms with Crippen molar-refractivity contribution in [3.05, 3.63) is 77.4 Å². The lowest BCUT2D eigenvalue weighted by Crippen LogP contribution is -2.22. The Bertz CT molecular complexity index is 1000. The van der Waals surface area contributed by atoms with Gasteiger partial charge in [-0.1, -0.05) is 17.4 Å². The predicted octanol–water partition coefficient (Wildman–Crippen LogP) is 3.83. The Balaban J connectivity index is 1.42. The molecule has 0 aliphatic rings. The Hall–Kier alpha value is -3.19. The van der Waals surface area contributed by atoms with Gasteiger partial charge in [0.1, 0.15) is 10.6 Å². The molecule has 0 saturated carbocycles. The highest BCUT2D eigenvalue weighted by Gasteiger charge is 2.15. The number of hydrogen-bond donors (Lipinski definition) is 1. The van der Waals surface area contributed by atoms with Gasteiger partial charge in [-0.2, -0.15) is 0 Å². The molecule has 0 bridgehead atoms. The third-order valence-corrected chi connectivity index (χ3v) is 5.04. The zero-order valence-corrected chi connectivity index (χ0v) is 14.9. The van der Waals surface area contributed by atoms with Gasteiger partial charge in [0.15, 0.2) is 10.9 Å². The minimum atomic E-state index is -0.131. The Morgan fingerprint density at radius 2 is 2.08 bits per heavy atom. The van der Waals surface area contributed by atoms with Crippen LogP contribution in [-0.2, 0) is 6.54 Å². The molecule has 0 fully saturated rings. The first-order chi connectivity index (χ1) is 12.7. The number of nitrogens with one attached hydrogen (secondary N) is 1. The van der Waals surface area contributed by atoms with E-state index in [1.165, 1.54) is 11.3 Å². The average Bonchev–Trinajstić information content (AvgIpc) is 3.41. The molecular weight excluding hydrogens is 348 g/mol. The SMILES string of the molecule is Cc1nc(-n2cccc2)sc1C(=O)NCc1ccc(-c2ccco2)nc1. The zero-order chi connectivity index (χ0) is 17.9. The maximum absolute atomic E-state index is 12.5. The van der Waals surface area contributed by atoms with Crippen LogP contribution >= 0.6 is 11.3 Å². The molecule has 4 rings (SSSR count). The van der Waals surface area contributed by atoms with Gasteiger partial charge in [0.05, 0.1) is 12.0 Å². The molecule has 7 heteroatoms. The number of furan rings is 1. The van der Waals surface area contributed by atoms with Crippen molar-refractivity contribution in [3.63, 3.8) is 0 Å². The minimum Gasteiger partial charge on any atom is -0.463 e. The van der Waals surface area contributed by atoms with Gasteiger partial charge in [-0.3, -0.25) is 9.78 Å². The second kappa shape index (κ2) is 6.97. The molecule has 0 unspecified atom stereocenters. The maximum Gasteiger partial charge on any atom is 0.263 e. The maximum atomic E-state index is 12.5. The van der Waals surface area contributed by atoms with E-state index in [0.29, 0.717) is 11.4 Å². The zero-order valence-electron chi connectivity index (χ0n) is 14.0. The molecular formula is C19H16N4O2S. The van der Waals surface area contributed by atoms with Crippen LogP contribution in [0.25, 0.3) is 16.6 Å². The Kier molecular flexibility index (Phi) is 4.37. The van der Waals surface area contributed by atoms with Gasteiger partial charge in [0, 0.05) is 25.1 Å². The molecule has 26 heavy (non-hydrogen) atoms. The van der Waals surface area contributed by atoms with Crippen molar-refractivity contribution in [1.82, 2.24) is 19.9 Å². The monoisotopic (exact) mass is 364 g/mol. The summed E-state index contributed by atoms with van der Waals surface area (Å²) < 4.78 is 7.22. The number of carbonyl (C=O) groups is 1. The summed E-state index contributed by atoms with van der Waals surface area (Å²) in [4.78, 5) is 21.9. The largest absolute Gasteiger partial charge is 0.463 e. The number of thiazole rings is 1. The summed E-state index contributed by atoms with van der Waals surface area (Å²) in [7, 11) is 0. The lowest BCUT2D eigenvalue weighted by Gasteiger charge is -2.04. The third kappa shape index (κ3) is 3.29. The molecule has 0 aromatic carbocycles. The van der Waals surface area contributed by atoms with Gasteiger partial charge >= 0.3 is 0 Å². The molecule has 0 aliphatic heterocycles. The number of hydrogen-bond acceptors (Lipinski definition) is 5. The van der Waals surface area contributed by atoms with Crippen LogP contribution in [0.1, 0.15) is 20.9 Å². The Morgan fingerprint density at radius 3 is 2.77 bits per heavy atom. The van der Waals surface area contributed by atoms with Gasteiger partial charge in [-0.15, -0.1) is 0 Å². The molecule has 130 valence electrons. The Labute approximate surface area is 154 Å². The summed E-state index contributed by atoms with van der Waals surface area (Å²) in [5.74, 6) is 0.590. The van der Waals surface area contributed by atoms with Crippen LogP contribution in [0.5, 0.6) is 0 Å². The molecule has 0 radical (unpaired) electrons. The second-order valence-corrected chi connectivity index (χ2v) is 6.69. The number of aromatic nitrogens is 3. The first-order valence-electron chi connectivity index (χ1n) is 8.08. The number of pyridine rings is 1. The van der Waals surface area contributed by atoms with Crippen molar-refractivity contribution in [1.29, 1.82) is 0 Å². The first kappa shape index (κ1) is 16.3. The molecule has 4 aromatic heterocycles. The quantitative estimate of drug-likeness (QED) is 0.584. The van der Waals surface area contributed by atoms with E-state index in [2.05, 4.69) is 15.3 Å². The average molecular weight is 364 g/mol. The van der Waals surface area contributed by atoms with Gasteiger partial charge in [0.2, 0.25) is 0 Å².